The van der Waals surface area contributed by atoms with Gasteiger partial charge in [-0.3, -0.25) is 4.79 Å². The SMILES string of the molecule is O=C(NCCS)c1ccc(/C=C/c2nc3ccccc3s2)cc1. The molecule has 0 saturated carbocycles. The van der Waals surface area contributed by atoms with E-state index < -0.39 is 0 Å². The summed E-state index contributed by atoms with van der Waals surface area (Å²) in [6, 6.07) is 15.6. The molecule has 0 saturated heterocycles. The topological polar surface area (TPSA) is 42.0 Å². The molecule has 3 rings (SSSR count). The van der Waals surface area contributed by atoms with Crippen LogP contribution in [-0.2, 0) is 0 Å². The van der Waals surface area contributed by atoms with Crippen molar-refractivity contribution in [2.24, 2.45) is 0 Å². The van der Waals surface area contributed by atoms with Gasteiger partial charge in [0.25, 0.3) is 5.91 Å². The largest absolute Gasteiger partial charge is 0.351 e. The summed E-state index contributed by atoms with van der Waals surface area (Å²) in [5.74, 6) is 0.565. The quantitative estimate of drug-likeness (QED) is 0.686. The Bertz CT molecular complexity index is 805. The second-order valence-corrected chi connectivity index (χ2v) is 6.46. The van der Waals surface area contributed by atoms with Gasteiger partial charge in [-0.25, -0.2) is 4.98 Å². The van der Waals surface area contributed by atoms with Crippen LogP contribution in [0.2, 0.25) is 0 Å². The Morgan fingerprint density at radius 2 is 1.91 bits per heavy atom. The van der Waals surface area contributed by atoms with Gasteiger partial charge in [0.15, 0.2) is 0 Å². The number of thiol groups is 1. The molecule has 23 heavy (non-hydrogen) atoms. The van der Waals surface area contributed by atoms with Crippen molar-refractivity contribution in [1.82, 2.24) is 10.3 Å². The van der Waals surface area contributed by atoms with Crippen LogP contribution in [0.5, 0.6) is 0 Å². The number of carbonyl (C=O) groups is 1. The zero-order chi connectivity index (χ0) is 16.1. The summed E-state index contributed by atoms with van der Waals surface area (Å²) in [6.07, 6.45) is 4.01. The van der Waals surface area contributed by atoms with Crippen molar-refractivity contribution in [1.29, 1.82) is 0 Å². The molecule has 1 heterocycles. The number of nitrogens with zero attached hydrogens (tertiary/aromatic N) is 1. The maximum Gasteiger partial charge on any atom is 0.251 e. The second-order valence-electron chi connectivity index (χ2n) is 4.95. The third kappa shape index (κ3) is 4.00. The second kappa shape index (κ2) is 7.44. The van der Waals surface area contributed by atoms with Crippen molar-refractivity contribution < 1.29 is 4.79 Å². The lowest BCUT2D eigenvalue weighted by Crippen LogP contribution is -2.25. The number of hydrogen-bond donors (Lipinski definition) is 2. The van der Waals surface area contributed by atoms with Gasteiger partial charge in [-0.1, -0.05) is 30.3 Å². The molecule has 0 bridgehead atoms. The summed E-state index contributed by atoms with van der Waals surface area (Å²) in [7, 11) is 0. The molecule has 0 fully saturated rings. The molecule has 5 heteroatoms. The number of amides is 1. The van der Waals surface area contributed by atoms with Crippen LogP contribution >= 0.6 is 24.0 Å². The molecule has 0 radical (unpaired) electrons. The first-order valence-electron chi connectivity index (χ1n) is 7.29. The predicted octanol–water partition coefficient (Wildman–Crippen LogP) is 4.13. The number of rotatable bonds is 5. The molecular formula is C18H16N2OS2. The lowest BCUT2D eigenvalue weighted by molar-refractivity contribution is 0.0956. The molecule has 0 spiro atoms. The van der Waals surface area contributed by atoms with Gasteiger partial charge >= 0.3 is 0 Å². The molecule has 3 nitrogen and oxygen atoms in total. The number of benzene rings is 2. The van der Waals surface area contributed by atoms with Gasteiger partial charge in [-0.05, 0) is 35.9 Å². The molecule has 0 atom stereocenters. The molecule has 2 aromatic carbocycles. The molecule has 3 aromatic rings. The molecule has 116 valence electrons. The molecule has 1 aromatic heterocycles. The van der Waals surface area contributed by atoms with E-state index in [0.717, 1.165) is 16.1 Å². The van der Waals surface area contributed by atoms with Gasteiger partial charge in [0.05, 0.1) is 10.2 Å². The highest BCUT2D eigenvalue weighted by Crippen LogP contribution is 2.23. The maximum atomic E-state index is 11.8. The Balaban J connectivity index is 1.71. The van der Waals surface area contributed by atoms with Crippen molar-refractivity contribution in [2.45, 2.75) is 0 Å². The number of hydrogen-bond acceptors (Lipinski definition) is 4. The Labute approximate surface area is 144 Å². The van der Waals surface area contributed by atoms with Gasteiger partial charge < -0.3 is 5.32 Å². The molecule has 1 amide bonds. The number of carbonyl (C=O) groups excluding carboxylic acids is 1. The third-order valence-corrected chi connectivity index (χ3v) is 4.52. The first kappa shape index (κ1) is 15.8. The van der Waals surface area contributed by atoms with E-state index in [1.807, 2.05) is 54.6 Å². The van der Waals surface area contributed by atoms with Gasteiger partial charge in [-0.15, -0.1) is 11.3 Å². The van der Waals surface area contributed by atoms with Crippen molar-refractivity contribution >= 4 is 52.2 Å². The van der Waals surface area contributed by atoms with Gasteiger partial charge in [0, 0.05) is 17.9 Å². The minimum absolute atomic E-state index is 0.0687. The maximum absolute atomic E-state index is 11.8. The number of fused-ring (bicyclic) bond motifs is 1. The fourth-order valence-corrected chi connectivity index (χ4v) is 3.13. The summed E-state index contributed by atoms with van der Waals surface area (Å²) in [6.45, 7) is 0.571. The summed E-state index contributed by atoms with van der Waals surface area (Å²) in [5, 5.41) is 3.77. The Hall–Kier alpha value is -2.11. The van der Waals surface area contributed by atoms with E-state index in [0.29, 0.717) is 17.9 Å². The molecule has 0 aliphatic carbocycles. The van der Waals surface area contributed by atoms with Crippen molar-refractivity contribution in [3.8, 4) is 0 Å². The first-order chi connectivity index (χ1) is 11.3. The predicted molar refractivity (Wildman–Crippen MR) is 101 cm³/mol. The van der Waals surface area contributed by atoms with Crippen LogP contribution in [0.15, 0.2) is 48.5 Å². The average molecular weight is 340 g/mol. The van der Waals surface area contributed by atoms with Gasteiger partial charge in [0.2, 0.25) is 0 Å². The van der Waals surface area contributed by atoms with E-state index in [-0.39, 0.29) is 5.91 Å². The number of para-hydroxylation sites is 1. The minimum atomic E-state index is -0.0687. The van der Waals surface area contributed by atoms with E-state index in [1.165, 1.54) is 4.70 Å². The number of aromatic nitrogens is 1. The Morgan fingerprint density at radius 1 is 1.13 bits per heavy atom. The normalized spacial score (nSPS) is 11.2. The Morgan fingerprint density at radius 3 is 2.65 bits per heavy atom. The van der Waals surface area contributed by atoms with Crippen LogP contribution < -0.4 is 5.32 Å². The van der Waals surface area contributed by atoms with E-state index in [4.69, 9.17) is 0 Å². The van der Waals surface area contributed by atoms with Crippen molar-refractivity contribution in [2.75, 3.05) is 12.3 Å². The van der Waals surface area contributed by atoms with Gasteiger partial charge in [-0.2, -0.15) is 12.6 Å². The summed E-state index contributed by atoms with van der Waals surface area (Å²) >= 11 is 5.74. The number of nitrogens with one attached hydrogen (secondary N) is 1. The van der Waals surface area contributed by atoms with Gasteiger partial charge in [0.1, 0.15) is 5.01 Å². The van der Waals surface area contributed by atoms with Crippen LogP contribution in [0, 0.1) is 0 Å². The van der Waals surface area contributed by atoms with Crippen LogP contribution in [0.3, 0.4) is 0 Å². The number of thiazole rings is 1. The van der Waals surface area contributed by atoms with E-state index >= 15 is 0 Å². The van der Waals surface area contributed by atoms with Crippen molar-refractivity contribution in [3.63, 3.8) is 0 Å². The highest BCUT2D eigenvalue weighted by molar-refractivity contribution is 7.80. The minimum Gasteiger partial charge on any atom is -0.351 e. The highest BCUT2D eigenvalue weighted by atomic mass is 32.1. The van der Waals surface area contributed by atoms with Crippen LogP contribution in [-0.4, -0.2) is 23.2 Å². The summed E-state index contributed by atoms with van der Waals surface area (Å²) in [4.78, 5) is 16.4. The lowest BCUT2D eigenvalue weighted by atomic mass is 10.1. The standard InChI is InChI=1S/C18H16N2OS2/c21-18(19-11-12-22)14-8-5-13(6-9-14)7-10-17-20-15-3-1-2-4-16(15)23-17/h1-10,22H,11-12H2,(H,19,21)/b10-7+. The smallest absolute Gasteiger partial charge is 0.251 e. The molecule has 0 aliphatic heterocycles. The average Bonchev–Trinajstić information content (AvgIpc) is 3.01. The molecule has 0 aliphatic rings. The Kier molecular flexibility index (Phi) is 5.10. The van der Waals surface area contributed by atoms with Crippen LogP contribution in [0.1, 0.15) is 20.9 Å². The summed E-state index contributed by atoms with van der Waals surface area (Å²) in [5.41, 5.74) is 2.72. The molecule has 0 unspecified atom stereocenters. The first-order valence-corrected chi connectivity index (χ1v) is 8.74. The highest BCUT2D eigenvalue weighted by Gasteiger charge is 2.03. The van der Waals surface area contributed by atoms with Crippen molar-refractivity contribution in [3.05, 3.63) is 64.7 Å². The monoisotopic (exact) mass is 340 g/mol. The van der Waals surface area contributed by atoms with E-state index in [9.17, 15) is 4.79 Å². The third-order valence-electron chi connectivity index (χ3n) is 3.30. The van der Waals surface area contributed by atoms with E-state index in [2.05, 4.69) is 29.0 Å². The van der Waals surface area contributed by atoms with Crippen LogP contribution in [0.25, 0.3) is 22.4 Å². The van der Waals surface area contributed by atoms with Crippen LogP contribution in [0.4, 0.5) is 0 Å². The zero-order valence-electron chi connectivity index (χ0n) is 12.4. The molecular weight excluding hydrogens is 324 g/mol. The lowest BCUT2D eigenvalue weighted by Gasteiger charge is -2.03. The fourth-order valence-electron chi connectivity index (χ4n) is 2.15. The van der Waals surface area contributed by atoms with E-state index in [1.54, 1.807) is 11.3 Å². The summed E-state index contributed by atoms with van der Waals surface area (Å²) < 4.78 is 1.18. The fraction of sp³-hybridized carbons (Fsp3) is 0.111. The zero-order valence-corrected chi connectivity index (χ0v) is 14.1. The molecule has 1 N–H and O–H groups in total.